The minimum absolute atomic E-state index is 0.116. The number of nitrogens with one attached hydrogen (secondary N) is 2. The van der Waals surface area contributed by atoms with Gasteiger partial charge in [0, 0.05) is 20.2 Å². The monoisotopic (exact) mass is 314 g/mol. The van der Waals surface area contributed by atoms with Crippen molar-refractivity contribution >= 4 is 17.8 Å². The first-order chi connectivity index (χ1) is 10.3. The van der Waals surface area contributed by atoms with E-state index in [9.17, 15) is 9.59 Å². The van der Waals surface area contributed by atoms with Crippen LogP contribution in [0, 0.1) is 0 Å². The molecule has 0 aromatic heterocycles. The lowest BCUT2D eigenvalue weighted by molar-refractivity contribution is -0.120. The number of amidine groups is 1. The van der Waals surface area contributed by atoms with E-state index in [1.165, 1.54) is 0 Å². The molecule has 8 heteroatoms. The summed E-state index contributed by atoms with van der Waals surface area (Å²) in [5.41, 5.74) is -0.527. The Kier molecular flexibility index (Phi) is 7.10. The van der Waals surface area contributed by atoms with Crippen LogP contribution in [0.5, 0.6) is 0 Å². The highest BCUT2D eigenvalue weighted by Gasteiger charge is 2.25. The van der Waals surface area contributed by atoms with Crippen molar-refractivity contribution in [1.29, 1.82) is 0 Å². The first-order valence-corrected chi connectivity index (χ1v) is 7.32. The van der Waals surface area contributed by atoms with Crippen LogP contribution in [-0.4, -0.2) is 74.8 Å². The fourth-order valence-electron chi connectivity index (χ4n) is 1.75. The Balaban J connectivity index is 2.35. The van der Waals surface area contributed by atoms with Crippen molar-refractivity contribution in [2.75, 3.05) is 46.4 Å². The van der Waals surface area contributed by atoms with Crippen LogP contribution in [0.4, 0.5) is 4.79 Å². The summed E-state index contributed by atoms with van der Waals surface area (Å²) in [6, 6.07) is 0. The molecule has 0 radical (unpaired) electrons. The molecule has 0 fully saturated rings. The lowest BCUT2D eigenvalue weighted by Gasteiger charge is -2.29. The van der Waals surface area contributed by atoms with Gasteiger partial charge in [-0.25, -0.2) is 4.79 Å². The Bertz CT molecular complexity index is 418. The summed E-state index contributed by atoms with van der Waals surface area (Å²) >= 11 is 0. The summed E-state index contributed by atoms with van der Waals surface area (Å²) in [5.74, 6) is 0.466. The number of aliphatic imine (C=N–C) groups is 1. The number of amides is 2. The van der Waals surface area contributed by atoms with E-state index in [0.717, 1.165) is 0 Å². The number of nitrogens with zero attached hydrogens (tertiary/aromatic N) is 2. The molecule has 8 nitrogen and oxygen atoms in total. The third-order valence-corrected chi connectivity index (χ3v) is 2.75. The first kappa shape index (κ1) is 18.2. The zero-order valence-electron chi connectivity index (χ0n) is 13.8. The van der Waals surface area contributed by atoms with Crippen LogP contribution in [-0.2, 0) is 14.3 Å². The van der Waals surface area contributed by atoms with E-state index >= 15 is 0 Å². The van der Waals surface area contributed by atoms with Gasteiger partial charge >= 0.3 is 6.09 Å². The maximum atomic E-state index is 12.0. The van der Waals surface area contributed by atoms with Crippen molar-refractivity contribution in [3.05, 3.63) is 0 Å². The second-order valence-corrected chi connectivity index (χ2v) is 5.93. The summed E-state index contributed by atoms with van der Waals surface area (Å²) in [7, 11) is 1.58. The van der Waals surface area contributed by atoms with Crippen LogP contribution >= 0.6 is 0 Å². The first-order valence-electron chi connectivity index (χ1n) is 7.32. The minimum Gasteiger partial charge on any atom is -0.444 e. The normalized spacial score (nSPS) is 15.1. The fourth-order valence-corrected chi connectivity index (χ4v) is 1.75. The molecule has 2 amide bonds. The molecule has 1 aliphatic rings. The summed E-state index contributed by atoms with van der Waals surface area (Å²) < 4.78 is 10.2. The molecule has 1 aliphatic heterocycles. The highest BCUT2D eigenvalue weighted by molar-refractivity contribution is 5.91. The van der Waals surface area contributed by atoms with Crippen molar-refractivity contribution in [2.45, 2.75) is 26.4 Å². The third-order valence-electron chi connectivity index (χ3n) is 2.75. The van der Waals surface area contributed by atoms with Gasteiger partial charge in [-0.2, -0.15) is 0 Å². The number of hydrogen-bond donors (Lipinski definition) is 2. The molecule has 0 bridgehead atoms. The van der Waals surface area contributed by atoms with Gasteiger partial charge in [0.2, 0.25) is 5.91 Å². The summed E-state index contributed by atoms with van der Waals surface area (Å²) in [6.07, 6.45) is -0.369. The molecule has 0 aromatic rings. The van der Waals surface area contributed by atoms with E-state index in [0.29, 0.717) is 38.6 Å². The van der Waals surface area contributed by atoms with E-state index in [1.54, 1.807) is 12.0 Å². The maximum Gasteiger partial charge on any atom is 0.410 e. The Morgan fingerprint density at radius 1 is 1.36 bits per heavy atom. The lowest BCUT2D eigenvalue weighted by Crippen LogP contribution is -2.49. The number of ether oxygens (including phenoxy) is 2. The molecular weight excluding hydrogens is 288 g/mol. The molecule has 0 aromatic carbocycles. The molecule has 1 heterocycles. The van der Waals surface area contributed by atoms with Gasteiger partial charge in [0.25, 0.3) is 0 Å². The van der Waals surface area contributed by atoms with E-state index in [4.69, 9.17) is 9.47 Å². The van der Waals surface area contributed by atoms with Crippen LogP contribution in [0.1, 0.15) is 20.8 Å². The molecule has 0 saturated heterocycles. The predicted octanol–water partition coefficient (Wildman–Crippen LogP) is -0.0122. The van der Waals surface area contributed by atoms with E-state index < -0.39 is 5.60 Å². The van der Waals surface area contributed by atoms with Gasteiger partial charge in [0.05, 0.1) is 26.2 Å². The molecule has 0 unspecified atom stereocenters. The Labute approximate surface area is 131 Å². The molecule has 0 saturated carbocycles. The standard InChI is InChI=1S/C14H26N4O4/c1-14(2,3)22-13(20)18-7-5-15-11(10-18)17-9-12(19)16-6-8-21-4/h5-10H2,1-4H3,(H,15,17)(H,16,19). The van der Waals surface area contributed by atoms with Gasteiger partial charge in [-0.1, -0.05) is 0 Å². The summed E-state index contributed by atoms with van der Waals surface area (Å²) in [6.45, 7) is 7.86. The molecule has 0 aliphatic carbocycles. The van der Waals surface area contributed by atoms with Gasteiger partial charge in [0.15, 0.2) is 0 Å². The minimum atomic E-state index is -0.527. The Hall–Kier alpha value is -1.83. The average molecular weight is 314 g/mol. The lowest BCUT2D eigenvalue weighted by atomic mass is 10.2. The fraction of sp³-hybridized carbons (Fsp3) is 0.786. The largest absolute Gasteiger partial charge is 0.444 e. The molecule has 2 N–H and O–H groups in total. The maximum absolute atomic E-state index is 12.0. The second-order valence-electron chi connectivity index (χ2n) is 5.93. The second kappa shape index (κ2) is 8.57. The van der Waals surface area contributed by atoms with Gasteiger partial charge in [-0.3, -0.25) is 14.7 Å². The highest BCUT2D eigenvalue weighted by atomic mass is 16.6. The van der Waals surface area contributed by atoms with Crippen molar-refractivity contribution in [2.24, 2.45) is 4.99 Å². The Morgan fingerprint density at radius 2 is 2.09 bits per heavy atom. The van der Waals surface area contributed by atoms with Crippen LogP contribution in [0.15, 0.2) is 4.99 Å². The average Bonchev–Trinajstić information content (AvgIpc) is 2.44. The molecule has 1 rings (SSSR count). The van der Waals surface area contributed by atoms with Gasteiger partial charge in [0.1, 0.15) is 11.4 Å². The third kappa shape index (κ3) is 7.26. The number of hydrogen-bond acceptors (Lipinski definition) is 6. The van der Waals surface area contributed by atoms with E-state index in [1.807, 2.05) is 20.8 Å². The van der Waals surface area contributed by atoms with Gasteiger partial charge in [-0.15, -0.1) is 0 Å². The smallest absolute Gasteiger partial charge is 0.410 e. The quantitative estimate of drug-likeness (QED) is 0.696. The van der Waals surface area contributed by atoms with Crippen LogP contribution in [0.2, 0.25) is 0 Å². The topological polar surface area (TPSA) is 92.3 Å². The SMILES string of the molecule is COCCNC(=O)CNC1=NCCN(C(=O)OC(C)(C)C)C1. The van der Waals surface area contributed by atoms with Crippen LogP contribution in [0.3, 0.4) is 0 Å². The highest BCUT2D eigenvalue weighted by Crippen LogP contribution is 2.10. The van der Waals surface area contributed by atoms with E-state index in [-0.39, 0.29) is 18.5 Å². The van der Waals surface area contributed by atoms with Crippen molar-refractivity contribution < 1.29 is 19.1 Å². The van der Waals surface area contributed by atoms with Gasteiger partial charge < -0.3 is 20.1 Å². The molecule has 0 spiro atoms. The molecule has 0 atom stereocenters. The Morgan fingerprint density at radius 3 is 2.73 bits per heavy atom. The van der Waals surface area contributed by atoms with Crippen molar-refractivity contribution in [1.82, 2.24) is 15.5 Å². The summed E-state index contributed by atoms with van der Waals surface area (Å²) in [4.78, 5) is 29.4. The predicted molar refractivity (Wildman–Crippen MR) is 83.0 cm³/mol. The van der Waals surface area contributed by atoms with Crippen LogP contribution < -0.4 is 10.6 Å². The zero-order valence-corrected chi connectivity index (χ0v) is 13.8. The van der Waals surface area contributed by atoms with Gasteiger partial charge in [-0.05, 0) is 20.8 Å². The number of carbonyl (C=O) groups excluding carboxylic acids is 2. The molecule has 126 valence electrons. The zero-order chi connectivity index (χ0) is 16.6. The number of methoxy groups -OCH3 is 1. The molecule has 22 heavy (non-hydrogen) atoms. The molecular formula is C14H26N4O4. The number of carbonyl (C=O) groups is 2. The van der Waals surface area contributed by atoms with Crippen LogP contribution in [0.25, 0.3) is 0 Å². The summed E-state index contributed by atoms with van der Waals surface area (Å²) in [5, 5.41) is 5.65. The van der Waals surface area contributed by atoms with Crippen molar-refractivity contribution in [3.63, 3.8) is 0 Å². The number of rotatable bonds is 5. The van der Waals surface area contributed by atoms with E-state index in [2.05, 4.69) is 15.6 Å². The van der Waals surface area contributed by atoms with Crippen molar-refractivity contribution in [3.8, 4) is 0 Å².